The monoisotopic (exact) mass is 268 g/mol. The van der Waals surface area contributed by atoms with Crippen molar-refractivity contribution in [2.24, 2.45) is 0 Å². The number of hydrogen-bond donors (Lipinski definition) is 1. The lowest BCUT2D eigenvalue weighted by molar-refractivity contribution is -0.108. The molecule has 19 heavy (non-hydrogen) atoms. The van der Waals surface area contributed by atoms with Crippen LogP contribution < -0.4 is 4.74 Å². The molecule has 1 heterocycles. The molecule has 1 N–H and O–H groups in total. The second-order valence-electron chi connectivity index (χ2n) is 3.57. The van der Waals surface area contributed by atoms with Crippen LogP contribution in [-0.2, 0) is 11.2 Å². The largest absolute Gasteiger partial charge is 0.477 e. The zero-order valence-corrected chi connectivity index (χ0v) is 11.5. The fourth-order valence-corrected chi connectivity index (χ4v) is 1.36. The van der Waals surface area contributed by atoms with Gasteiger partial charge >= 0.3 is 0 Å². The van der Waals surface area contributed by atoms with Gasteiger partial charge in [0.2, 0.25) is 5.88 Å². The summed E-state index contributed by atoms with van der Waals surface area (Å²) in [4.78, 5) is 29.6. The van der Waals surface area contributed by atoms with E-state index in [1.54, 1.807) is 0 Å². The lowest BCUT2D eigenvalue weighted by atomic mass is 10.2. The van der Waals surface area contributed by atoms with Gasteiger partial charge in [0.25, 0.3) is 0 Å². The van der Waals surface area contributed by atoms with E-state index in [1.165, 1.54) is 13.1 Å². The first-order valence-corrected chi connectivity index (χ1v) is 6.07. The van der Waals surface area contributed by atoms with Crippen LogP contribution in [-0.4, -0.2) is 40.9 Å². The van der Waals surface area contributed by atoms with Crippen LogP contribution in [0.15, 0.2) is 6.20 Å². The van der Waals surface area contributed by atoms with Gasteiger partial charge in [-0.3, -0.25) is 4.79 Å². The van der Waals surface area contributed by atoms with Gasteiger partial charge in [-0.25, -0.2) is 9.97 Å². The first-order chi connectivity index (χ1) is 9.19. The SMILES string of the molecule is CCc1nc(OCCCC=O)cnc1C(C)=O.CO. The van der Waals surface area contributed by atoms with Crippen molar-refractivity contribution in [3.63, 3.8) is 0 Å². The number of aldehydes is 1. The molecule has 0 atom stereocenters. The molecule has 6 nitrogen and oxygen atoms in total. The fraction of sp³-hybridized carbons (Fsp3) is 0.538. The number of unbranched alkanes of at least 4 members (excludes halogenated alkanes) is 1. The van der Waals surface area contributed by atoms with E-state index in [2.05, 4.69) is 9.97 Å². The number of ether oxygens (including phenoxy) is 1. The van der Waals surface area contributed by atoms with Crippen LogP contribution in [0.25, 0.3) is 0 Å². The molecule has 0 radical (unpaired) electrons. The molecule has 0 bridgehead atoms. The molecular weight excluding hydrogens is 248 g/mol. The number of Topliss-reactive ketones (excluding diaryl/α,β-unsaturated/α-hetero) is 1. The Bertz CT molecular complexity index is 408. The summed E-state index contributed by atoms with van der Waals surface area (Å²) in [6, 6.07) is 0. The summed E-state index contributed by atoms with van der Waals surface area (Å²) in [7, 11) is 1.00. The number of hydrogen-bond acceptors (Lipinski definition) is 6. The van der Waals surface area contributed by atoms with Gasteiger partial charge in [-0.1, -0.05) is 6.92 Å². The van der Waals surface area contributed by atoms with E-state index >= 15 is 0 Å². The fourth-order valence-electron chi connectivity index (χ4n) is 1.36. The molecular formula is C13H20N2O4. The third-order valence-electron chi connectivity index (χ3n) is 2.21. The number of aryl methyl sites for hydroxylation is 1. The third-order valence-corrected chi connectivity index (χ3v) is 2.21. The molecule has 1 aromatic rings. The summed E-state index contributed by atoms with van der Waals surface area (Å²) in [5, 5.41) is 7.00. The minimum absolute atomic E-state index is 0.0955. The molecule has 0 aliphatic carbocycles. The number of aliphatic hydroxyl groups excluding tert-OH is 1. The number of ketones is 1. The van der Waals surface area contributed by atoms with Gasteiger partial charge in [0.1, 0.15) is 12.0 Å². The Balaban J connectivity index is 0.00000154. The lowest BCUT2D eigenvalue weighted by Gasteiger charge is -2.07. The Hall–Kier alpha value is -1.82. The highest BCUT2D eigenvalue weighted by atomic mass is 16.5. The van der Waals surface area contributed by atoms with E-state index in [0.29, 0.717) is 43.1 Å². The van der Waals surface area contributed by atoms with Crippen LogP contribution in [0.5, 0.6) is 5.88 Å². The molecule has 106 valence electrons. The Morgan fingerprint density at radius 3 is 2.68 bits per heavy atom. The van der Waals surface area contributed by atoms with Crippen LogP contribution in [0.1, 0.15) is 42.9 Å². The van der Waals surface area contributed by atoms with Crippen LogP contribution in [0.2, 0.25) is 0 Å². The van der Waals surface area contributed by atoms with Crippen molar-refractivity contribution in [2.75, 3.05) is 13.7 Å². The van der Waals surface area contributed by atoms with Gasteiger partial charge < -0.3 is 14.6 Å². The van der Waals surface area contributed by atoms with Crippen LogP contribution >= 0.6 is 0 Å². The molecule has 0 saturated heterocycles. The van der Waals surface area contributed by atoms with Gasteiger partial charge in [0.05, 0.1) is 18.5 Å². The predicted molar refractivity (Wildman–Crippen MR) is 70.4 cm³/mol. The quantitative estimate of drug-likeness (QED) is 0.454. The van der Waals surface area contributed by atoms with Crippen LogP contribution in [0, 0.1) is 0 Å². The van der Waals surface area contributed by atoms with Crippen molar-refractivity contribution in [3.8, 4) is 5.88 Å². The number of carbonyl (C=O) groups is 2. The number of aliphatic hydroxyl groups is 1. The Kier molecular flexibility index (Phi) is 9.16. The summed E-state index contributed by atoms with van der Waals surface area (Å²) in [5.74, 6) is 0.305. The van der Waals surface area contributed by atoms with Gasteiger partial charge in [-0.05, 0) is 12.8 Å². The zero-order valence-electron chi connectivity index (χ0n) is 11.5. The van der Waals surface area contributed by atoms with Crippen molar-refractivity contribution >= 4 is 12.1 Å². The van der Waals surface area contributed by atoms with Crippen molar-refractivity contribution < 1.29 is 19.4 Å². The number of rotatable bonds is 7. The molecule has 1 aromatic heterocycles. The van der Waals surface area contributed by atoms with E-state index < -0.39 is 0 Å². The summed E-state index contributed by atoms with van der Waals surface area (Å²) in [5.41, 5.74) is 1.04. The van der Waals surface area contributed by atoms with Crippen LogP contribution in [0.4, 0.5) is 0 Å². The Morgan fingerprint density at radius 1 is 1.47 bits per heavy atom. The van der Waals surface area contributed by atoms with E-state index in [1.807, 2.05) is 6.92 Å². The van der Waals surface area contributed by atoms with Gasteiger partial charge in [0, 0.05) is 20.5 Å². The first kappa shape index (κ1) is 17.2. The molecule has 0 aromatic carbocycles. The maximum Gasteiger partial charge on any atom is 0.232 e. The van der Waals surface area contributed by atoms with Crippen molar-refractivity contribution in [2.45, 2.75) is 33.1 Å². The van der Waals surface area contributed by atoms with Gasteiger partial charge in [0.15, 0.2) is 5.78 Å². The van der Waals surface area contributed by atoms with Crippen LogP contribution in [0.3, 0.4) is 0 Å². The number of nitrogens with zero attached hydrogens (tertiary/aromatic N) is 2. The average molecular weight is 268 g/mol. The van der Waals surface area contributed by atoms with Crippen molar-refractivity contribution in [3.05, 3.63) is 17.6 Å². The summed E-state index contributed by atoms with van der Waals surface area (Å²) < 4.78 is 5.34. The zero-order chi connectivity index (χ0) is 14.7. The maximum atomic E-state index is 11.3. The smallest absolute Gasteiger partial charge is 0.232 e. The molecule has 6 heteroatoms. The highest BCUT2D eigenvalue weighted by molar-refractivity contribution is 5.93. The van der Waals surface area contributed by atoms with E-state index in [9.17, 15) is 9.59 Å². The second kappa shape index (κ2) is 10.1. The minimum atomic E-state index is -0.0955. The normalized spacial score (nSPS) is 9.26. The third kappa shape index (κ3) is 6.05. The van der Waals surface area contributed by atoms with Gasteiger partial charge in [-0.2, -0.15) is 0 Å². The molecule has 0 unspecified atom stereocenters. The number of aromatic nitrogens is 2. The molecule has 0 aliphatic rings. The highest BCUT2D eigenvalue weighted by Gasteiger charge is 2.10. The van der Waals surface area contributed by atoms with E-state index in [4.69, 9.17) is 9.84 Å². The summed E-state index contributed by atoms with van der Waals surface area (Å²) in [6.45, 7) is 3.80. The lowest BCUT2D eigenvalue weighted by Crippen LogP contribution is -2.08. The molecule has 0 saturated carbocycles. The second-order valence-corrected chi connectivity index (χ2v) is 3.57. The molecule has 0 amide bonds. The topological polar surface area (TPSA) is 89.4 Å². The summed E-state index contributed by atoms with van der Waals surface area (Å²) in [6.07, 6.45) is 4.05. The average Bonchev–Trinajstić information content (AvgIpc) is 2.45. The molecule has 0 aliphatic heterocycles. The molecule has 1 rings (SSSR count). The van der Waals surface area contributed by atoms with E-state index in [-0.39, 0.29) is 5.78 Å². The maximum absolute atomic E-state index is 11.3. The summed E-state index contributed by atoms with van der Waals surface area (Å²) >= 11 is 0. The van der Waals surface area contributed by atoms with Crippen molar-refractivity contribution in [1.29, 1.82) is 0 Å². The van der Waals surface area contributed by atoms with Gasteiger partial charge in [-0.15, -0.1) is 0 Å². The minimum Gasteiger partial charge on any atom is -0.477 e. The van der Waals surface area contributed by atoms with E-state index in [0.717, 1.165) is 13.4 Å². The standard InChI is InChI=1S/C12H16N2O3.CH4O/c1-3-10-12(9(2)16)13-8-11(14-10)17-7-5-4-6-15;1-2/h6,8H,3-5,7H2,1-2H3;2H,1H3. The molecule has 0 fully saturated rings. The molecule has 0 spiro atoms. The Morgan fingerprint density at radius 2 is 2.16 bits per heavy atom. The predicted octanol–water partition coefficient (Wildman–Crippen LogP) is 1.21. The number of carbonyl (C=O) groups excluding carboxylic acids is 2. The first-order valence-electron chi connectivity index (χ1n) is 6.07. The van der Waals surface area contributed by atoms with Crippen molar-refractivity contribution in [1.82, 2.24) is 9.97 Å². The highest BCUT2D eigenvalue weighted by Crippen LogP contribution is 2.11. The Labute approximate surface area is 112 Å².